The second-order valence-electron chi connectivity index (χ2n) is 6.77. The van der Waals surface area contributed by atoms with Crippen LogP contribution < -0.4 is 10.9 Å². The van der Waals surface area contributed by atoms with Crippen LogP contribution in [0.4, 0.5) is 10.1 Å². The van der Waals surface area contributed by atoms with Crippen LogP contribution in [0.15, 0.2) is 64.2 Å². The quantitative estimate of drug-likeness (QED) is 0.526. The molecule has 152 valence electrons. The van der Waals surface area contributed by atoms with Gasteiger partial charge >= 0.3 is 0 Å². The van der Waals surface area contributed by atoms with Crippen LogP contribution in [0.25, 0.3) is 22.4 Å². The van der Waals surface area contributed by atoms with Gasteiger partial charge in [0, 0.05) is 24.2 Å². The molecular weight excluding hydrogens is 387 g/mol. The van der Waals surface area contributed by atoms with E-state index < -0.39 is 5.82 Å². The maximum Gasteiger partial charge on any atom is 0.266 e. The Morgan fingerprint density at radius 3 is 2.70 bits per heavy atom. The minimum atomic E-state index is -0.391. The van der Waals surface area contributed by atoms with Crippen molar-refractivity contribution in [3.8, 4) is 11.3 Å². The lowest BCUT2D eigenvalue weighted by molar-refractivity contribution is -0.116. The van der Waals surface area contributed by atoms with Crippen LogP contribution >= 0.6 is 0 Å². The van der Waals surface area contributed by atoms with E-state index >= 15 is 0 Å². The van der Waals surface area contributed by atoms with Gasteiger partial charge < -0.3 is 9.84 Å². The molecule has 0 bridgehead atoms. The van der Waals surface area contributed by atoms with Gasteiger partial charge in [-0.2, -0.15) is 0 Å². The molecule has 0 atom stereocenters. The van der Waals surface area contributed by atoms with Gasteiger partial charge in [0.05, 0.1) is 0 Å². The molecule has 1 amide bonds. The Bertz CT molecular complexity index is 1260. The van der Waals surface area contributed by atoms with E-state index in [2.05, 4.69) is 15.5 Å². The van der Waals surface area contributed by atoms with E-state index in [1.54, 1.807) is 0 Å². The summed E-state index contributed by atoms with van der Waals surface area (Å²) in [4.78, 5) is 29.4. The summed E-state index contributed by atoms with van der Waals surface area (Å²) in [6.45, 7) is 2.17. The standard InChI is InChI=1S/C22H19FN4O3/c1-2-14-5-3-4-6-17(14)25-18(28)11-12-27-13-24-21-19(22(27)29)20(26-30-21)15-7-9-16(23)10-8-15/h3-10,13H,2,11-12H2,1H3,(H,25,28). The number of fused-ring (bicyclic) bond motifs is 1. The van der Waals surface area contributed by atoms with Crippen LogP contribution in [0, 0.1) is 5.82 Å². The van der Waals surface area contributed by atoms with Gasteiger partial charge in [-0.3, -0.25) is 14.2 Å². The smallest absolute Gasteiger partial charge is 0.266 e. The Kier molecular flexibility index (Phi) is 5.38. The Morgan fingerprint density at radius 2 is 1.93 bits per heavy atom. The van der Waals surface area contributed by atoms with Crippen LogP contribution in [0.2, 0.25) is 0 Å². The number of anilines is 1. The first-order valence-corrected chi connectivity index (χ1v) is 9.55. The number of hydrogen-bond donors (Lipinski definition) is 1. The fourth-order valence-electron chi connectivity index (χ4n) is 3.23. The minimum absolute atomic E-state index is 0.0944. The van der Waals surface area contributed by atoms with Crippen molar-refractivity contribution in [2.75, 3.05) is 5.32 Å². The molecule has 30 heavy (non-hydrogen) atoms. The molecule has 0 aliphatic carbocycles. The number of carbonyl (C=O) groups is 1. The van der Waals surface area contributed by atoms with Crippen molar-refractivity contribution in [3.63, 3.8) is 0 Å². The SMILES string of the molecule is CCc1ccccc1NC(=O)CCn1cnc2onc(-c3ccc(F)cc3)c2c1=O. The minimum Gasteiger partial charge on any atom is -0.335 e. The predicted octanol–water partition coefficient (Wildman–Crippen LogP) is 3.78. The first-order valence-electron chi connectivity index (χ1n) is 9.55. The van der Waals surface area contributed by atoms with Crippen molar-refractivity contribution >= 4 is 22.7 Å². The molecule has 7 nitrogen and oxygen atoms in total. The van der Waals surface area contributed by atoms with E-state index in [4.69, 9.17) is 4.52 Å². The Hall–Kier alpha value is -3.81. The summed E-state index contributed by atoms with van der Waals surface area (Å²) in [5, 5.41) is 6.99. The molecule has 0 saturated heterocycles. The molecule has 1 N–H and O–H groups in total. The molecule has 2 aromatic heterocycles. The number of aryl methyl sites for hydroxylation is 2. The first-order chi connectivity index (χ1) is 14.6. The maximum absolute atomic E-state index is 13.2. The summed E-state index contributed by atoms with van der Waals surface area (Å²) in [7, 11) is 0. The van der Waals surface area contributed by atoms with E-state index in [-0.39, 0.29) is 41.2 Å². The lowest BCUT2D eigenvalue weighted by Gasteiger charge is -2.10. The van der Waals surface area contributed by atoms with Crippen LogP contribution in [0.1, 0.15) is 18.9 Å². The van der Waals surface area contributed by atoms with E-state index in [1.807, 2.05) is 31.2 Å². The molecule has 4 aromatic rings. The highest BCUT2D eigenvalue weighted by atomic mass is 19.1. The lowest BCUT2D eigenvalue weighted by Crippen LogP contribution is -2.23. The molecule has 0 fully saturated rings. The lowest BCUT2D eigenvalue weighted by atomic mass is 10.1. The molecule has 4 rings (SSSR count). The molecule has 8 heteroatoms. The van der Waals surface area contributed by atoms with E-state index in [0.29, 0.717) is 5.56 Å². The highest BCUT2D eigenvalue weighted by Crippen LogP contribution is 2.24. The highest BCUT2D eigenvalue weighted by Gasteiger charge is 2.17. The average molecular weight is 406 g/mol. The second kappa shape index (κ2) is 8.28. The third-order valence-electron chi connectivity index (χ3n) is 4.83. The number of halogens is 1. The number of amides is 1. The predicted molar refractivity (Wildman–Crippen MR) is 111 cm³/mol. The van der Waals surface area contributed by atoms with Gasteiger partial charge in [0.2, 0.25) is 5.91 Å². The molecule has 2 heterocycles. The third kappa shape index (κ3) is 3.84. The summed E-state index contributed by atoms with van der Waals surface area (Å²) in [6, 6.07) is 13.2. The Balaban J connectivity index is 1.55. The van der Waals surface area contributed by atoms with Gasteiger partial charge in [-0.1, -0.05) is 30.3 Å². The monoisotopic (exact) mass is 406 g/mol. The van der Waals surface area contributed by atoms with Crippen molar-refractivity contribution < 1.29 is 13.7 Å². The third-order valence-corrected chi connectivity index (χ3v) is 4.83. The normalized spacial score (nSPS) is 11.0. The van der Waals surface area contributed by atoms with Gasteiger partial charge in [0.15, 0.2) is 0 Å². The highest BCUT2D eigenvalue weighted by molar-refractivity contribution is 5.91. The van der Waals surface area contributed by atoms with Crippen LogP contribution in [0.3, 0.4) is 0 Å². The zero-order valence-corrected chi connectivity index (χ0v) is 16.3. The number of rotatable bonds is 6. The second-order valence-corrected chi connectivity index (χ2v) is 6.77. The Labute approximate surface area is 171 Å². The van der Waals surface area contributed by atoms with Crippen molar-refractivity contribution in [2.24, 2.45) is 0 Å². The molecule has 0 saturated carbocycles. The topological polar surface area (TPSA) is 90.0 Å². The fourth-order valence-corrected chi connectivity index (χ4v) is 3.23. The van der Waals surface area contributed by atoms with Crippen LogP contribution in [0.5, 0.6) is 0 Å². The van der Waals surface area contributed by atoms with Gasteiger partial charge in [0.1, 0.15) is 23.2 Å². The maximum atomic E-state index is 13.2. The molecule has 0 unspecified atom stereocenters. The number of hydrogen-bond acceptors (Lipinski definition) is 5. The average Bonchev–Trinajstić information content (AvgIpc) is 3.19. The molecule has 0 aliphatic heterocycles. The zero-order chi connectivity index (χ0) is 21.1. The van der Waals surface area contributed by atoms with Gasteiger partial charge in [-0.25, -0.2) is 9.37 Å². The van der Waals surface area contributed by atoms with E-state index in [0.717, 1.165) is 17.7 Å². The molecule has 2 aromatic carbocycles. The number of nitrogens with one attached hydrogen (secondary N) is 1. The fraction of sp³-hybridized carbons (Fsp3) is 0.182. The summed E-state index contributed by atoms with van der Waals surface area (Å²) < 4.78 is 19.7. The molecule has 0 spiro atoms. The summed E-state index contributed by atoms with van der Waals surface area (Å²) in [5.74, 6) is -0.593. The van der Waals surface area contributed by atoms with E-state index in [1.165, 1.54) is 35.2 Å². The van der Waals surface area contributed by atoms with Crippen molar-refractivity contribution in [1.82, 2.24) is 14.7 Å². The summed E-state index contributed by atoms with van der Waals surface area (Å²) >= 11 is 0. The van der Waals surface area contributed by atoms with Crippen LogP contribution in [-0.4, -0.2) is 20.6 Å². The molecule has 0 aliphatic rings. The zero-order valence-electron chi connectivity index (χ0n) is 16.3. The number of para-hydroxylation sites is 1. The summed E-state index contributed by atoms with van der Waals surface area (Å²) in [5.41, 5.74) is 2.36. The van der Waals surface area contributed by atoms with Gasteiger partial charge in [0.25, 0.3) is 11.3 Å². The van der Waals surface area contributed by atoms with Crippen molar-refractivity contribution in [1.29, 1.82) is 0 Å². The van der Waals surface area contributed by atoms with Gasteiger partial charge in [-0.05, 0) is 42.3 Å². The first kappa shape index (κ1) is 19.5. The number of benzene rings is 2. The molecule has 0 radical (unpaired) electrons. The number of carbonyl (C=O) groups excluding carboxylic acids is 1. The van der Waals surface area contributed by atoms with Crippen molar-refractivity contribution in [2.45, 2.75) is 26.3 Å². The van der Waals surface area contributed by atoms with Crippen LogP contribution in [-0.2, 0) is 17.8 Å². The van der Waals surface area contributed by atoms with Gasteiger partial charge in [-0.15, -0.1) is 0 Å². The number of nitrogens with zero attached hydrogens (tertiary/aromatic N) is 3. The largest absolute Gasteiger partial charge is 0.335 e. The summed E-state index contributed by atoms with van der Waals surface area (Å²) in [6.07, 6.45) is 2.23. The number of aromatic nitrogens is 3. The van der Waals surface area contributed by atoms with Crippen molar-refractivity contribution in [3.05, 3.63) is 76.6 Å². The van der Waals surface area contributed by atoms with E-state index in [9.17, 15) is 14.0 Å². The Morgan fingerprint density at radius 1 is 1.17 bits per heavy atom. The molecular formula is C22H19FN4O3.